The van der Waals surface area contributed by atoms with E-state index in [1.807, 2.05) is 0 Å². The molecule has 1 aromatic rings. The van der Waals surface area contributed by atoms with E-state index in [2.05, 4.69) is 4.98 Å². The van der Waals surface area contributed by atoms with Gasteiger partial charge in [-0.1, -0.05) is 0 Å². The lowest BCUT2D eigenvalue weighted by Crippen LogP contribution is -2.32. The fourth-order valence-electron chi connectivity index (χ4n) is 1.63. The van der Waals surface area contributed by atoms with Crippen molar-refractivity contribution in [3.63, 3.8) is 0 Å². The second-order valence-corrected chi connectivity index (χ2v) is 3.56. The van der Waals surface area contributed by atoms with E-state index in [9.17, 15) is 4.79 Å². The molecule has 0 unspecified atom stereocenters. The Labute approximate surface area is 94.0 Å². The van der Waals surface area contributed by atoms with Crippen molar-refractivity contribution in [2.45, 2.75) is 19.4 Å². The molecule has 1 amide bonds. The maximum Gasteiger partial charge on any atom is 0.276 e. The Hall–Kier alpha value is -1.07. The molecule has 1 aliphatic rings. The van der Waals surface area contributed by atoms with Gasteiger partial charge in [0.2, 0.25) is 0 Å². The van der Waals surface area contributed by atoms with Gasteiger partial charge in [-0.3, -0.25) is 4.79 Å². The molecular formula is C9H14ClN3O2. The first kappa shape index (κ1) is 12.0. The normalized spacial score (nSPS) is 20.1. The van der Waals surface area contributed by atoms with E-state index in [1.54, 1.807) is 11.8 Å². The smallest absolute Gasteiger partial charge is 0.276 e. The minimum absolute atomic E-state index is 0. The van der Waals surface area contributed by atoms with Gasteiger partial charge in [0.05, 0.1) is 0 Å². The third-order valence-electron chi connectivity index (χ3n) is 2.46. The summed E-state index contributed by atoms with van der Waals surface area (Å²) >= 11 is 0. The lowest BCUT2D eigenvalue weighted by atomic mass is 10.3. The Morgan fingerprint density at radius 2 is 2.47 bits per heavy atom. The van der Waals surface area contributed by atoms with Crippen molar-refractivity contribution in [2.75, 3.05) is 13.1 Å². The van der Waals surface area contributed by atoms with Crippen molar-refractivity contribution < 1.29 is 9.21 Å². The Morgan fingerprint density at radius 1 is 1.73 bits per heavy atom. The largest absolute Gasteiger partial charge is 0.448 e. The summed E-state index contributed by atoms with van der Waals surface area (Å²) in [6, 6.07) is 0.103. The van der Waals surface area contributed by atoms with E-state index in [1.165, 1.54) is 6.39 Å². The van der Waals surface area contributed by atoms with Gasteiger partial charge in [0, 0.05) is 19.1 Å². The lowest BCUT2D eigenvalue weighted by Gasteiger charge is -2.13. The number of rotatable bonds is 1. The van der Waals surface area contributed by atoms with Gasteiger partial charge in [0.25, 0.3) is 5.91 Å². The van der Waals surface area contributed by atoms with Gasteiger partial charge in [0.15, 0.2) is 12.1 Å². The predicted molar refractivity (Wildman–Crippen MR) is 57.0 cm³/mol. The quantitative estimate of drug-likeness (QED) is 0.767. The highest BCUT2D eigenvalue weighted by Crippen LogP contribution is 2.13. The molecule has 0 aliphatic carbocycles. The summed E-state index contributed by atoms with van der Waals surface area (Å²) in [6.45, 7) is 3.06. The molecule has 0 aromatic carbocycles. The summed E-state index contributed by atoms with van der Waals surface area (Å²) in [5.41, 5.74) is 6.12. The first-order chi connectivity index (χ1) is 6.68. The molecule has 2 N–H and O–H groups in total. The number of hydrogen-bond donors (Lipinski definition) is 1. The molecule has 0 saturated carbocycles. The Kier molecular flexibility index (Phi) is 3.71. The standard InChI is InChI=1S/C9H13N3O2.ClH/c1-6-8(11-5-14-6)9(13)12-3-2-7(10)4-12;/h5,7H,2-4,10H2,1H3;1H/t7-;/m1./s1. The Bertz CT molecular complexity index is 353. The molecule has 15 heavy (non-hydrogen) atoms. The molecule has 5 nitrogen and oxygen atoms in total. The highest BCUT2D eigenvalue weighted by molar-refractivity contribution is 5.93. The van der Waals surface area contributed by atoms with Gasteiger partial charge in [-0.05, 0) is 13.3 Å². The molecular weight excluding hydrogens is 218 g/mol. The molecule has 2 heterocycles. The number of carbonyl (C=O) groups excluding carboxylic acids is 1. The van der Waals surface area contributed by atoms with Gasteiger partial charge in [0.1, 0.15) is 5.76 Å². The summed E-state index contributed by atoms with van der Waals surface area (Å²) in [5.74, 6) is 0.486. The zero-order valence-electron chi connectivity index (χ0n) is 8.47. The van der Waals surface area contributed by atoms with E-state index in [0.29, 0.717) is 24.5 Å². The summed E-state index contributed by atoms with van der Waals surface area (Å²) in [5, 5.41) is 0. The number of nitrogens with zero attached hydrogens (tertiary/aromatic N) is 2. The number of hydrogen-bond acceptors (Lipinski definition) is 4. The highest BCUT2D eigenvalue weighted by atomic mass is 35.5. The summed E-state index contributed by atoms with van der Waals surface area (Å²) in [4.78, 5) is 17.4. The molecule has 1 aliphatic heterocycles. The van der Waals surface area contributed by atoms with Crippen LogP contribution >= 0.6 is 12.4 Å². The molecule has 2 rings (SSSR count). The lowest BCUT2D eigenvalue weighted by molar-refractivity contribution is 0.0784. The summed E-state index contributed by atoms with van der Waals surface area (Å²) in [6.07, 6.45) is 2.15. The van der Waals surface area contributed by atoms with Crippen LogP contribution in [0.4, 0.5) is 0 Å². The average Bonchev–Trinajstić information content (AvgIpc) is 2.73. The number of halogens is 1. The number of likely N-dealkylation sites (tertiary alicyclic amines) is 1. The zero-order valence-corrected chi connectivity index (χ0v) is 9.29. The van der Waals surface area contributed by atoms with Crippen LogP contribution in [0.3, 0.4) is 0 Å². The van der Waals surface area contributed by atoms with Crippen molar-refractivity contribution in [2.24, 2.45) is 5.73 Å². The van der Waals surface area contributed by atoms with Crippen LogP contribution < -0.4 is 5.73 Å². The third kappa shape index (κ3) is 2.30. The zero-order chi connectivity index (χ0) is 10.1. The van der Waals surface area contributed by atoms with E-state index >= 15 is 0 Å². The maximum atomic E-state index is 11.8. The summed E-state index contributed by atoms with van der Waals surface area (Å²) < 4.78 is 4.98. The fourth-order valence-corrected chi connectivity index (χ4v) is 1.63. The van der Waals surface area contributed by atoms with E-state index in [4.69, 9.17) is 10.2 Å². The molecule has 1 saturated heterocycles. The molecule has 0 radical (unpaired) electrons. The van der Waals surface area contributed by atoms with Gasteiger partial charge < -0.3 is 15.1 Å². The van der Waals surface area contributed by atoms with Crippen molar-refractivity contribution in [3.05, 3.63) is 17.8 Å². The first-order valence-electron chi connectivity index (χ1n) is 4.63. The van der Waals surface area contributed by atoms with Crippen LogP contribution in [-0.2, 0) is 0 Å². The van der Waals surface area contributed by atoms with Crippen LogP contribution in [0.25, 0.3) is 0 Å². The fraction of sp³-hybridized carbons (Fsp3) is 0.556. The summed E-state index contributed by atoms with van der Waals surface area (Å²) in [7, 11) is 0. The molecule has 1 aromatic heterocycles. The Balaban J connectivity index is 0.00000112. The Morgan fingerprint density at radius 3 is 2.93 bits per heavy atom. The number of aryl methyl sites for hydroxylation is 1. The third-order valence-corrected chi connectivity index (χ3v) is 2.46. The highest BCUT2D eigenvalue weighted by Gasteiger charge is 2.27. The van der Waals surface area contributed by atoms with Crippen LogP contribution in [0.1, 0.15) is 22.7 Å². The van der Waals surface area contributed by atoms with Crippen LogP contribution in [-0.4, -0.2) is 34.9 Å². The average molecular weight is 232 g/mol. The van der Waals surface area contributed by atoms with Gasteiger partial charge in [-0.25, -0.2) is 4.98 Å². The van der Waals surface area contributed by atoms with Crippen molar-refractivity contribution in [3.8, 4) is 0 Å². The molecule has 0 spiro atoms. The van der Waals surface area contributed by atoms with Crippen molar-refractivity contribution >= 4 is 18.3 Å². The number of aromatic nitrogens is 1. The van der Waals surface area contributed by atoms with Crippen LogP contribution in [0.15, 0.2) is 10.8 Å². The van der Waals surface area contributed by atoms with Crippen LogP contribution in [0.2, 0.25) is 0 Å². The van der Waals surface area contributed by atoms with Crippen molar-refractivity contribution in [1.29, 1.82) is 0 Å². The monoisotopic (exact) mass is 231 g/mol. The second-order valence-electron chi connectivity index (χ2n) is 3.56. The SMILES string of the molecule is Cc1ocnc1C(=O)N1CC[C@@H](N)C1.Cl. The predicted octanol–water partition coefficient (Wildman–Crippen LogP) is 0.578. The second kappa shape index (κ2) is 4.63. The molecule has 1 fully saturated rings. The van der Waals surface area contributed by atoms with E-state index in [0.717, 1.165) is 6.42 Å². The number of amides is 1. The minimum atomic E-state index is -0.0794. The number of oxazole rings is 1. The topological polar surface area (TPSA) is 72.4 Å². The number of carbonyl (C=O) groups is 1. The minimum Gasteiger partial charge on any atom is -0.448 e. The first-order valence-corrected chi connectivity index (χ1v) is 4.63. The molecule has 84 valence electrons. The van der Waals surface area contributed by atoms with Crippen LogP contribution in [0.5, 0.6) is 0 Å². The van der Waals surface area contributed by atoms with Gasteiger partial charge in [-0.2, -0.15) is 0 Å². The van der Waals surface area contributed by atoms with Crippen LogP contribution in [0, 0.1) is 6.92 Å². The maximum absolute atomic E-state index is 11.8. The molecule has 6 heteroatoms. The van der Waals surface area contributed by atoms with E-state index in [-0.39, 0.29) is 24.4 Å². The van der Waals surface area contributed by atoms with Crippen molar-refractivity contribution in [1.82, 2.24) is 9.88 Å². The van der Waals surface area contributed by atoms with E-state index < -0.39 is 0 Å². The number of nitrogens with two attached hydrogens (primary N) is 1. The molecule has 1 atom stereocenters. The molecule has 0 bridgehead atoms. The van der Waals surface area contributed by atoms with Gasteiger partial charge in [-0.15, -0.1) is 12.4 Å². The van der Waals surface area contributed by atoms with Gasteiger partial charge >= 0.3 is 0 Å².